The molecule has 1 heterocycles. The van der Waals surface area contributed by atoms with Gasteiger partial charge < -0.3 is 14.7 Å². The summed E-state index contributed by atoms with van der Waals surface area (Å²) in [5.41, 5.74) is 1.40. The number of nitrogens with zero attached hydrogens (tertiary/aromatic N) is 1. The Kier molecular flexibility index (Phi) is 5.36. The van der Waals surface area contributed by atoms with E-state index in [1.165, 1.54) is 7.11 Å². The largest absolute Gasteiger partial charge is 0.466 e. The SMILES string of the molecule is COC(=O)C1=C(c2ccccc2)ON(C)[C@@H]1CCCCO. The molecule has 1 aliphatic rings. The quantitative estimate of drug-likeness (QED) is 0.641. The molecule has 0 saturated heterocycles. The van der Waals surface area contributed by atoms with Gasteiger partial charge in [-0.1, -0.05) is 30.3 Å². The van der Waals surface area contributed by atoms with Crippen LogP contribution in [0.4, 0.5) is 0 Å². The van der Waals surface area contributed by atoms with Crippen LogP contribution in [-0.4, -0.2) is 42.9 Å². The number of methoxy groups -OCH3 is 1. The lowest BCUT2D eigenvalue weighted by Gasteiger charge is -2.19. The fourth-order valence-corrected chi connectivity index (χ4v) is 2.50. The van der Waals surface area contributed by atoms with Gasteiger partial charge in [-0.15, -0.1) is 5.06 Å². The first-order valence-electron chi connectivity index (χ1n) is 7.08. The smallest absolute Gasteiger partial charge is 0.339 e. The molecule has 0 radical (unpaired) electrons. The molecule has 2 rings (SSSR count). The normalized spacial score (nSPS) is 18.7. The lowest BCUT2D eigenvalue weighted by molar-refractivity contribution is -0.137. The predicted octanol–water partition coefficient (Wildman–Crippen LogP) is 1.98. The Bertz CT molecular complexity index is 512. The monoisotopic (exact) mass is 291 g/mol. The maximum absolute atomic E-state index is 12.2. The van der Waals surface area contributed by atoms with Crippen LogP contribution in [0.1, 0.15) is 24.8 Å². The van der Waals surface area contributed by atoms with Crippen molar-refractivity contribution in [2.24, 2.45) is 0 Å². The van der Waals surface area contributed by atoms with Crippen molar-refractivity contribution in [1.82, 2.24) is 5.06 Å². The Balaban J connectivity index is 2.32. The molecule has 1 atom stereocenters. The minimum absolute atomic E-state index is 0.153. The van der Waals surface area contributed by atoms with Gasteiger partial charge in [0.15, 0.2) is 5.76 Å². The van der Waals surface area contributed by atoms with E-state index in [1.807, 2.05) is 37.4 Å². The maximum atomic E-state index is 12.2. The summed E-state index contributed by atoms with van der Waals surface area (Å²) in [6.45, 7) is 0.153. The number of esters is 1. The summed E-state index contributed by atoms with van der Waals surface area (Å²) in [4.78, 5) is 17.9. The standard InChI is InChI=1S/C16H21NO4/c1-17-13(10-6-7-11-18)14(16(19)20-2)15(21-17)12-8-4-3-5-9-12/h3-5,8-9,13,18H,6-7,10-11H2,1-2H3/t13-/m1/s1. The summed E-state index contributed by atoms with van der Waals surface area (Å²) in [7, 11) is 3.18. The van der Waals surface area contributed by atoms with Crippen LogP contribution in [0.15, 0.2) is 35.9 Å². The summed E-state index contributed by atoms with van der Waals surface area (Å²) < 4.78 is 4.92. The zero-order valence-electron chi connectivity index (χ0n) is 12.4. The predicted molar refractivity (Wildman–Crippen MR) is 79.0 cm³/mol. The van der Waals surface area contributed by atoms with E-state index in [1.54, 1.807) is 5.06 Å². The number of unbranched alkanes of at least 4 members (excludes halogenated alkanes) is 1. The molecule has 5 heteroatoms. The molecule has 0 amide bonds. The third-order valence-electron chi connectivity index (χ3n) is 3.58. The molecule has 0 aliphatic carbocycles. The van der Waals surface area contributed by atoms with Crippen molar-refractivity contribution in [2.45, 2.75) is 25.3 Å². The van der Waals surface area contributed by atoms with Gasteiger partial charge in [-0.05, 0) is 19.3 Å². The maximum Gasteiger partial charge on any atom is 0.339 e. The first-order valence-corrected chi connectivity index (χ1v) is 7.08. The number of aliphatic hydroxyl groups is 1. The highest BCUT2D eigenvalue weighted by molar-refractivity contribution is 5.98. The first-order chi connectivity index (χ1) is 10.2. The van der Waals surface area contributed by atoms with E-state index in [-0.39, 0.29) is 18.6 Å². The molecular formula is C16H21NO4. The van der Waals surface area contributed by atoms with E-state index < -0.39 is 0 Å². The van der Waals surface area contributed by atoms with Gasteiger partial charge in [0.2, 0.25) is 0 Å². The number of ether oxygens (including phenoxy) is 1. The van der Waals surface area contributed by atoms with Gasteiger partial charge in [0, 0.05) is 19.2 Å². The van der Waals surface area contributed by atoms with Crippen LogP contribution in [0.25, 0.3) is 5.76 Å². The summed E-state index contributed by atoms with van der Waals surface area (Å²) in [5.74, 6) is 0.186. The molecule has 1 aromatic carbocycles. The molecule has 0 unspecified atom stereocenters. The minimum Gasteiger partial charge on any atom is -0.466 e. The molecule has 0 aromatic heterocycles. The van der Waals surface area contributed by atoms with E-state index in [0.29, 0.717) is 17.8 Å². The fourth-order valence-electron chi connectivity index (χ4n) is 2.50. The third kappa shape index (κ3) is 3.43. The van der Waals surface area contributed by atoms with Gasteiger partial charge in [-0.3, -0.25) is 0 Å². The van der Waals surface area contributed by atoms with Crippen LogP contribution < -0.4 is 0 Å². The second kappa shape index (κ2) is 7.24. The van der Waals surface area contributed by atoms with Gasteiger partial charge in [0.1, 0.15) is 5.57 Å². The average Bonchev–Trinajstić information content (AvgIpc) is 2.85. The van der Waals surface area contributed by atoms with Crippen molar-refractivity contribution < 1.29 is 19.5 Å². The van der Waals surface area contributed by atoms with Crippen LogP contribution in [0.3, 0.4) is 0 Å². The lowest BCUT2D eigenvalue weighted by atomic mass is 9.98. The molecule has 114 valence electrons. The van der Waals surface area contributed by atoms with Gasteiger partial charge in [-0.2, -0.15) is 0 Å². The van der Waals surface area contributed by atoms with Crippen molar-refractivity contribution in [3.63, 3.8) is 0 Å². The Morgan fingerprint density at radius 2 is 2.05 bits per heavy atom. The van der Waals surface area contributed by atoms with Gasteiger partial charge >= 0.3 is 5.97 Å². The summed E-state index contributed by atoms with van der Waals surface area (Å²) >= 11 is 0. The molecule has 0 fully saturated rings. The second-order valence-electron chi connectivity index (χ2n) is 4.97. The number of hydrogen-bond acceptors (Lipinski definition) is 5. The van der Waals surface area contributed by atoms with E-state index in [4.69, 9.17) is 14.7 Å². The number of hydrogen-bond donors (Lipinski definition) is 1. The van der Waals surface area contributed by atoms with Crippen LogP contribution in [0.2, 0.25) is 0 Å². The summed E-state index contributed by atoms with van der Waals surface area (Å²) in [6, 6.07) is 9.38. The van der Waals surface area contributed by atoms with Crippen molar-refractivity contribution in [3.05, 3.63) is 41.5 Å². The summed E-state index contributed by atoms with van der Waals surface area (Å²) in [5, 5.41) is 10.6. The molecule has 1 N–H and O–H groups in total. The van der Waals surface area contributed by atoms with E-state index >= 15 is 0 Å². The molecule has 0 bridgehead atoms. The van der Waals surface area contributed by atoms with Crippen molar-refractivity contribution in [2.75, 3.05) is 20.8 Å². The topological polar surface area (TPSA) is 59.0 Å². The molecule has 5 nitrogen and oxygen atoms in total. The van der Waals surface area contributed by atoms with Gasteiger partial charge in [0.05, 0.1) is 13.2 Å². The molecule has 0 saturated carbocycles. The Morgan fingerprint density at radius 1 is 1.33 bits per heavy atom. The number of carbonyl (C=O) groups is 1. The number of rotatable bonds is 6. The first kappa shape index (κ1) is 15.5. The van der Waals surface area contributed by atoms with Crippen LogP contribution in [0, 0.1) is 0 Å². The number of carbonyl (C=O) groups excluding carboxylic acids is 1. The highest BCUT2D eigenvalue weighted by Gasteiger charge is 2.37. The third-order valence-corrected chi connectivity index (χ3v) is 3.58. The Morgan fingerprint density at radius 3 is 2.67 bits per heavy atom. The highest BCUT2D eigenvalue weighted by atomic mass is 16.7. The number of likely N-dealkylation sites (N-methyl/N-ethyl adjacent to an activating group) is 1. The van der Waals surface area contributed by atoms with Gasteiger partial charge in [0.25, 0.3) is 0 Å². The molecule has 0 spiro atoms. The van der Waals surface area contributed by atoms with E-state index in [0.717, 1.165) is 18.4 Å². The van der Waals surface area contributed by atoms with Gasteiger partial charge in [-0.25, -0.2) is 4.79 Å². The number of aliphatic hydroxyl groups excluding tert-OH is 1. The minimum atomic E-state index is -0.368. The van der Waals surface area contributed by atoms with Crippen LogP contribution in [0.5, 0.6) is 0 Å². The molecular weight excluding hydrogens is 270 g/mol. The van der Waals surface area contributed by atoms with Crippen LogP contribution in [-0.2, 0) is 14.4 Å². The zero-order valence-corrected chi connectivity index (χ0v) is 12.4. The Hall–Kier alpha value is -1.85. The van der Waals surface area contributed by atoms with Crippen molar-refractivity contribution in [3.8, 4) is 0 Å². The fraction of sp³-hybridized carbons (Fsp3) is 0.438. The second-order valence-corrected chi connectivity index (χ2v) is 4.97. The molecule has 1 aromatic rings. The molecule has 1 aliphatic heterocycles. The van der Waals surface area contributed by atoms with E-state index in [9.17, 15) is 4.79 Å². The molecule has 21 heavy (non-hydrogen) atoms. The highest BCUT2D eigenvalue weighted by Crippen LogP contribution is 2.34. The van der Waals surface area contributed by atoms with Crippen LogP contribution >= 0.6 is 0 Å². The van der Waals surface area contributed by atoms with Crippen molar-refractivity contribution in [1.29, 1.82) is 0 Å². The Labute approximate surface area is 124 Å². The average molecular weight is 291 g/mol. The lowest BCUT2D eigenvalue weighted by Crippen LogP contribution is -2.29. The number of hydroxylamine groups is 2. The van der Waals surface area contributed by atoms with E-state index in [2.05, 4.69) is 0 Å². The summed E-state index contributed by atoms with van der Waals surface area (Å²) in [6.07, 6.45) is 2.26. The van der Waals surface area contributed by atoms with Crippen molar-refractivity contribution >= 4 is 11.7 Å². The number of benzene rings is 1. The zero-order chi connectivity index (χ0) is 15.2.